The maximum Gasteiger partial charge on any atom is 0.305 e. The standard InChI is InChI=1S/C86H148N10O40/c97-71(89-17-31-121-43-55-133-69-63-129-51-39-117-27-13-81(107)108)9-23-113-35-47-125-59-65-131-53-41-119-29-15-87-73(99)11-25-115-37-49-127-61-67-135-57-45-123-33-19-91-85(111)83(93-75(101)3-1-21-95-77(103)5-6-78(95)104)84(94-76(102)4-2-22-96-79(105)7-8-80(96)106)86(112)92-20-34-124-46-58-136-68-62-128-50-38-116-26-12-74(100)88-16-30-120-42-54-132-66-60-126-48-36-114-24-10-72(98)90-18-32-122-44-56-134-70-64-130-52-40-118-28-14-82(109)110/h5-8,83-84H,1-4,9-70H2,(H,87,99)(H,88,100)(H,89,97)(H,90,98)(H,91,111)(H,92,112)(H,93,101)(H,94,102)(H,107,108)(H,109,110)/t83-,84-/m0/s1. The summed E-state index contributed by atoms with van der Waals surface area (Å²) in [6.45, 7) is 13.9. The number of carboxylic acids is 2. The number of carbonyl (C=O) groups excluding carboxylic acids is 12. The highest BCUT2D eigenvalue weighted by molar-refractivity contribution is 6.13. The Morgan fingerprint density at radius 1 is 0.206 bits per heavy atom. The third kappa shape index (κ3) is 78.4. The van der Waals surface area contributed by atoms with Crippen LogP contribution in [-0.2, 0) is 181 Å². The molecule has 0 unspecified atom stereocenters. The first kappa shape index (κ1) is 124. The molecule has 0 aromatic heterocycles. The zero-order valence-corrected chi connectivity index (χ0v) is 78.4. The van der Waals surface area contributed by atoms with Crippen LogP contribution in [0.5, 0.6) is 0 Å². The number of amides is 12. The second-order valence-electron chi connectivity index (χ2n) is 28.6. The molecule has 10 N–H and O–H groups in total. The molecule has 0 aromatic rings. The van der Waals surface area contributed by atoms with Crippen LogP contribution in [-0.4, -0.2) is 484 Å². The molecule has 0 radical (unpaired) electrons. The minimum Gasteiger partial charge on any atom is -0.481 e. The van der Waals surface area contributed by atoms with Crippen LogP contribution >= 0.6 is 0 Å². The number of ether oxygens (including phenoxy) is 24. The fourth-order valence-electron chi connectivity index (χ4n) is 10.9. The van der Waals surface area contributed by atoms with Crippen molar-refractivity contribution in [3.05, 3.63) is 24.3 Å². The molecule has 0 bridgehead atoms. The minimum atomic E-state index is -1.74. The first-order valence-electron chi connectivity index (χ1n) is 45.9. The Bertz CT molecular complexity index is 2990. The Balaban J connectivity index is 1.54. The molecule has 782 valence electrons. The molecule has 0 saturated carbocycles. The maximum absolute atomic E-state index is 14.1. The smallest absolute Gasteiger partial charge is 0.305 e. The van der Waals surface area contributed by atoms with E-state index < -0.39 is 71.3 Å². The predicted octanol–water partition coefficient (Wildman–Crippen LogP) is -5.03. The summed E-state index contributed by atoms with van der Waals surface area (Å²) in [6.07, 6.45) is 4.30. The number of nitrogens with zero attached hydrogens (tertiary/aromatic N) is 2. The van der Waals surface area contributed by atoms with Crippen molar-refractivity contribution in [2.45, 2.75) is 76.3 Å². The van der Waals surface area contributed by atoms with Crippen molar-refractivity contribution in [1.82, 2.24) is 52.3 Å². The van der Waals surface area contributed by atoms with Crippen LogP contribution in [0.2, 0.25) is 0 Å². The van der Waals surface area contributed by atoms with E-state index in [-0.39, 0.29) is 246 Å². The van der Waals surface area contributed by atoms with Crippen LogP contribution in [0, 0.1) is 0 Å². The quantitative estimate of drug-likeness (QED) is 0.0201. The van der Waals surface area contributed by atoms with Crippen molar-refractivity contribution < 1.29 is 191 Å². The van der Waals surface area contributed by atoms with Gasteiger partial charge in [0.15, 0.2) is 0 Å². The fraction of sp³-hybridized carbons (Fsp3) is 0.791. The van der Waals surface area contributed by atoms with Crippen LogP contribution in [0.15, 0.2) is 24.3 Å². The third-order valence-corrected chi connectivity index (χ3v) is 17.8. The van der Waals surface area contributed by atoms with Gasteiger partial charge in [-0.1, -0.05) is 0 Å². The fourth-order valence-corrected chi connectivity index (χ4v) is 10.9. The van der Waals surface area contributed by atoms with Crippen LogP contribution in [0.3, 0.4) is 0 Å². The molecule has 0 saturated heterocycles. The highest BCUT2D eigenvalue weighted by Gasteiger charge is 2.37. The van der Waals surface area contributed by atoms with E-state index in [4.69, 9.17) is 124 Å². The summed E-state index contributed by atoms with van der Waals surface area (Å²) >= 11 is 0. The Labute approximate surface area is 793 Å². The van der Waals surface area contributed by atoms with Crippen LogP contribution < -0.4 is 42.5 Å². The van der Waals surface area contributed by atoms with Gasteiger partial charge in [-0.3, -0.25) is 76.9 Å². The molecule has 12 amide bonds. The average Bonchev–Trinajstić information content (AvgIpc) is 1.50. The van der Waals surface area contributed by atoms with Crippen LogP contribution in [0.1, 0.15) is 64.2 Å². The molecular weight excluding hydrogens is 1810 g/mol. The van der Waals surface area contributed by atoms with Crippen molar-refractivity contribution in [3.63, 3.8) is 0 Å². The van der Waals surface area contributed by atoms with E-state index in [0.717, 1.165) is 34.1 Å². The predicted molar refractivity (Wildman–Crippen MR) is 475 cm³/mol. The van der Waals surface area contributed by atoms with Gasteiger partial charge in [0.25, 0.3) is 23.6 Å². The topological polar surface area (TPSA) is 604 Å². The Kier molecular flexibility index (Phi) is 83.2. The molecule has 2 aliphatic heterocycles. The molecule has 0 aliphatic carbocycles. The number of carbonyl (C=O) groups is 14. The van der Waals surface area contributed by atoms with Crippen LogP contribution in [0.4, 0.5) is 0 Å². The first-order valence-corrected chi connectivity index (χ1v) is 45.9. The van der Waals surface area contributed by atoms with Gasteiger partial charge in [0.2, 0.25) is 47.3 Å². The number of rotatable bonds is 103. The summed E-state index contributed by atoms with van der Waals surface area (Å²) in [5, 5.41) is 38.4. The Morgan fingerprint density at radius 3 is 0.537 bits per heavy atom. The van der Waals surface area contributed by atoms with E-state index in [0.29, 0.717) is 211 Å². The van der Waals surface area contributed by atoms with Crippen molar-refractivity contribution in [2.75, 3.05) is 369 Å². The van der Waals surface area contributed by atoms with Crippen molar-refractivity contribution in [1.29, 1.82) is 0 Å². The number of imide groups is 2. The highest BCUT2D eigenvalue weighted by atomic mass is 16.6. The summed E-state index contributed by atoms with van der Waals surface area (Å²) in [5.41, 5.74) is 0. The van der Waals surface area contributed by atoms with Crippen molar-refractivity contribution in [3.8, 4) is 0 Å². The van der Waals surface area contributed by atoms with Gasteiger partial charge < -0.3 is 166 Å². The van der Waals surface area contributed by atoms with Gasteiger partial charge in [-0.15, -0.1) is 0 Å². The summed E-state index contributed by atoms with van der Waals surface area (Å²) in [7, 11) is 0. The number of aliphatic carboxylic acids is 2. The lowest BCUT2D eigenvalue weighted by molar-refractivity contribution is -0.139. The van der Waals surface area contributed by atoms with Gasteiger partial charge in [-0.2, -0.15) is 0 Å². The number of hydrogen-bond acceptors (Lipinski definition) is 38. The second kappa shape index (κ2) is 91.6. The van der Waals surface area contributed by atoms with E-state index in [2.05, 4.69) is 42.5 Å². The number of hydrogen-bond donors (Lipinski definition) is 10. The largest absolute Gasteiger partial charge is 0.481 e. The number of nitrogens with one attached hydrogen (secondary N) is 8. The molecule has 2 heterocycles. The van der Waals surface area contributed by atoms with E-state index in [1.165, 1.54) is 0 Å². The molecule has 50 heteroatoms. The Morgan fingerprint density at radius 2 is 0.360 bits per heavy atom. The summed E-state index contributed by atoms with van der Waals surface area (Å²) < 4.78 is 131. The van der Waals surface area contributed by atoms with Crippen molar-refractivity contribution >= 4 is 82.8 Å². The average molecular weight is 1960 g/mol. The molecular formula is C86H148N10O40. The lowest BCUT2D eigenvalue weighted by atomic mass is 10.0. The van der Waals surface area contributed by atoms with Gasteiger partial charge in [0, 0.05) is 115 Å². The molecule has 136 heavy (non-hydrogen) atoms. The van der Waals surface area contributed by atoms with Gasteiger partial charge in [-0.05, 0) is 12.8 Å². The molecule has 0 fully saturated rings. The molecule has 2 rings (SSSR count). The summed E-state index contributed by atoms with van der Waals surface area (Å²) in [4.78, 5) is 175. The molecule has 50 nitrogen and oxygen atoms in total. The van der Waals surface area contributed by atoms with E-state index in [1.54, 1.807) is 0 Å². The van der Waals surface area contributed by atoms with Gasteiger partial charge in [-0.25, -0.2) is 0 Å². The summed E-state index contributed by atoms with van der Waals surface area (Å²) in [6, 6.07) is -3.49. The molecule has 2 atom stereocenters. The normalized spacial score (nSPS) is 12.8. The lowest BCUT2D eigenvalue weighted by Gasteiger charge is -2.28. The van der Waals surface area contributed by atoms with E-state index >= 15 is 0 Å². The monoisotopic (exact) mass is 1960 g/mol. The molecule has 0 spiro atoms. The zero-order valence-electron chi connectivity index (χ0n) is 78.4. The lowest BCUT2D eigenvalue weighted by Crippen LogP contribution is -2.64. The second-order valence-corrected chi connectivity index (χ2v) is 28.6. The first-order chi connectivity index (χ1) is 66.4. The van der Waals surface area contributed by atoms with Gasteiger partial charge >= 0.3 is 11.9 Å². The third-order valence-electron chi connectivity index (χ3n) is 17.8. The van der Waals surface area contributed by atoms with Crippen LogP contribution in [0.25, 0.3) is 0 Å². The molecule has 0 aromatic carbocycles. The number of carboxylic acid groups (broad SMARTS) is 2. The van der Waals surface area contributed by atoms with E-state index in [1.807, 2.05) is 0 Å². The minimum absolute atomic E-state index is 0.0176. The van der Waals surface area contributed by atoms with E-state index in [9.17, 15) is 67.1 Å². The zero-order chi connectivity index (χ0) is 98.5. The van der Waals surface area contributed by atoms with Gasteiger partial charge in [0.1, 0.15) is 12.1 Å². The SMILES string of the molecule is O=C(O)CCOCCOCCOCCOCCNC(=O)CCOCCOCCOCCOCCNC(=O)CCOCCOCCOCCOCCNC(=O)[C@@H](NC(=O)CCCN1C(=O)C=CC1=O)[C@H](NC(=O)CCCN1C(=O)C=CC1=O)C(=O)NCCOCCOCCOCCOCCC(=O)NCCOCCOCCOCCOCCC(=O)NCCOCCOCCOCCOCCC(=O)O. The molecule has 2 aliphatic rings. The highest BCUT2D eigenvalue weighted by Crippen LogP contribution is 2.10. The van der Waals surface area contributed by atoms with Gasteiger partial charge in [0.05, 0.1) is 330 Å². The Hall–Kier alpha value is -8.50. The maximum atomic E-state index is 14.1. The summed E-state index contributed by atoms with van der Waals surface area (Å²) in [5.74, 6) is -8.13. The van der Waals surface area contributed by atoms with Crippen molar-refractivity contribution in [2.24, 2.45) is 0 Å².